The van der Waals surface area contributed by atoms with Crippen molar-refractivity contribution in [3.63, 3.8) is 0 Å². The zero-order valence-electron chi connectivity index (χ0n) is 15.3. The molecule has 2 heteroatoms. The van der Waals surface area contributed by atoms with Crippen LogP contribution in [0.3, 0.4) is 0 Å². The monoisotopic (exact) mass is 318 g/mol. The van der Waals surface area contributed by atoms with Crippen LogP contribution in [-0.2, 0) is 9.53 Å². The van der Waals surface area contributed by atoms with E-state index in [0.29, 0.717) is 5.41 Å². The van der Waals surface area contributed by atoms with E-state index in [2.05, 4.69) is 13.8 Å². The average Bonchev–Trinajstić information content (AvgIpc) is 2.83. The number of fused-ring (bicyclic) bond motifs is 5. The summed E-state index contributed by atoms with van der Waals surface area (Å²) in [5, 5.41) is 0. The smallest absolute Gasteiger partial charge is 0.302 e. The number of rotatable bonds is 1. The average molecular weight is 319 g/mol. The summed E-state index contributed by atoms with van der Waals surface area (Å²) in [6.07, 6.45) is 14.0. The lowest BCUT2D eigenvalue weighted by molar-refractivity contribution is -0.161. The highest BCUT2D eigenvalue weighted by Gasteiger charge is 2.60. The van der Waals surface area contributed by atoms with Crippen LogP contribution in [0.4, 0.5) is 0 Å². The second-order valence-corrected chi connectivity index (χ2v) is 9.62. The first kappa shape index (κ1) is 16.0. The van der Waals surface area contributed by atoms with Gasteiger partial charge < -0.3 is 4.74 Å². The standard InChI is InChI=1S/C21H34O2/c1-14(22)23-19-10-9-17-16-8-7-15-6-4-5-12-20(15,2)18(16)11-13-21(17,19)3/h15-19H,4-13H2,1-3H3/t15-,16-,17-,18-,19-,20+,21+/m1/s1. The van der Waals surface area contributed by atoms with Gasteiger partial charge in [-0.05, 0) is 80.5 Å². The topological polar surface area (TPSA) is 26.3 Å². The van der Waals surface area contributed by atoms with E-state index in [0.717, 1.165) is 30.1 Å². The maximum Gasteiger partial charge on any atom is 0.302 e. The van der Waals surface area contributed by atoms with Crippen molar-refractivity contribution < 1.29 is 9.53 Å². The van der Waals surface area contributed by atoms with Gasteiger partial charge in [0.2, 0.25) is 0 Å². The van der Waals surface area contributed by atoms with Crippen molar-refractivity contribution in [1.82, 2.24) is 0 Å². The molecule has 4 fully saturated rings. The van der Waals surface area contributed by atoms with E-state index in [9.17, 15) is 4.79 Å². The fourth-order valence-electron chi connectivity index (χ4n) is 7.64. The van der Waals surface area contributed by atoms with Crippen LogP contribution in [0.1, 0.15) is 85.0 Å². The molecule has 0 aromatic carbocycles. The zero-order valence-corrected chi connectivity index (χ0v) is 15.3. The van der Waals surface area contributed by atoms with Gasteiger partial charge >= 0.3 is 5.97 Å². The van der Waals surface area contributed by atoms with E-state index in [-0.39, 0.29) is 17.5 Å². The van der Waals surface area contributed by atoms with E-state index in [1.165, 1.54) is 57.8 Å². The summed E-state index contributed by atoms with van der Waals surface area (Å²) in [4.78, 5) is 11.5. The lowest BCUT2D eigenvalue weighted by Gasteiger charge is -2.60. The van der Waals surface area contributed by atoms with E-state index in [4.69, 9.17) is 4.74 Å². The Bertz CT molecular complexity index is 486. The first-order valence-corrected chi connectivity index (χ1v) is 10.1. The highest BCUT2D eigenvalue weighted by atomic mass is 16.5. The minimum absolute atomic E-state index is 0.0815. The molecular formula is C21H34O2. The van der Waals surface area contributed by atoms with E-state index >= 15 is 0 Å². The summed E-state index contributed by atoms with van der Waals surface area (Å²) >= 11 is 0. The van der Waals surface area contributed by atoms with Gasteiger partial charge in [-0.1, -0.05) is 26.7 Å². The molecule has 0 heterocycles. The fraction of sp³-hybridized carbons (Fsp3) is 0.952. The van der Waals surface area contributed by atoms with E-state index in [1.54, 1.807) is 6.92 Å². The Labute approximate surface area is 141 Å². The highest BCUT2D eigenvalue weighted by Crippen LogP contribution is 2.66. The number of ether oxygens (including phenoxy) is 1. The van der Waals surface area contributed by atoms with Crippen LogP contribution in [0.5, 0.6) is 0 Å². The highest BCUT2D eigenvalue weighted by molar-refractivity contribution is 5.66. The van der Waals surface area contributed by atoms with Crippen LogP contribution < -0.4 is 0 Å². The Morgan fingerprint density at radius 2 is 1.65 bits per heavy atom. The van der Waals surface area contributed by atoms with Gasteiger partial charge in [0, 0.05) is 12.3 Å². The van der Waals surface area contributed by atoms with Crippen molar-refractivity contribution in [2.45, 2.75) is 91.1 Å². The summed E-state index contributed by atoms with van der Waals surface area (Å²) in [5.41, 5.74) is 0.868. The quantitative estimate of drug-likeness (QED) is 0.609. The molecule has 2 nitrogen and oxygen atoms in total. The third-order valence-electron chi connectivity index (χ3n) is 8.80. The van der Waals surface area contributed by atoms with Crippen molar-refractivity contribution in [1.29, 1.82) is 0 Å². The lowest BCUT2D eigenvalue weighted by Crippen LogP contribution is -2.53. The van der Waals surface area contributed by atoms with Gasteiger partial charge in [0.15, 0.2) is 0 Å². The number of hydrogen-bond donors (Lipinski definition) is 0. The molecule has 0 N–H and O–H groups in total. The molecule has 0 amide bonds. The molecule has 0 spiro atoms. The summed E-state index contributed by atoms with van der Waals surface area (Å²) in [5.74, 6) is 3.55. The van der Waals surface area contributed by atoms with Crippen molar-refractivity contribution in [3.05, 3.63) is 0 Å². The van der Waals surface area contributed by atoms with Gasteiger partial charge in [-0.25, -0.2) is 0 Å². The van der Waals surface area contributed by atoms with Gasteiger partial charge in [-0.3, -0.25) is 4.79 Å². The molecular weight excluding hydrogens is 284 g/mol. The molecule has 23 heavy (non-hydrogen) atoms. The minimum Gasteiger partial charge on any atom is -0.462 e. The fourth-order valence-corrected chi connectivity index (χ4v) is 7.64. The van der Waals surface area contributed by atoms with Crippen LogP contribution in [0.15, 0.2) is 0 Å². The molecule has 4 aliphatic rings. The first-order valence-electron chi connectivity index (χ1n) is 10.1. The van der Waals surface area contributed by atoms with Gasteiger partial charge in [0.05, 0.1) is 0 Å². The molecule has 0 saturated heterocycles. The van der Waals surface area contributed by atoms with E-state index in [1.807, 2.05) is 0 Å². The summed E-state index contributed by atoms with van der Waals surface area (Å²) in [6.45, 7) is 6.65. The molecule has 4 rings (SSSR count). The molecule has 7 atom stereocenters. The van der Waals surface area contributed by atoms with Crippen LogP contribution in [0.2, 0.25) is 0 Å². The zero-order chi connectivity index (χ0) is 16.2. The Morgan fingerprint density at radius 1 is 0.870 bits per heavy atom. The number of esters is 1. The van der Waals surface area contributed by atoms with E-state index < -0.39 is 0 Å². The predicted octanol–water partition coefficient (Wildman–Crippen LogP) is 5.35. The second kappa shape index (κ2) is 5.49. The summed E-state index contributed by atoms with van der Waals surface area (Å²) < 4.78 is 5.76. The van der Waals surface area contributed by atoms with Crippen LogP contribution in [-0.4, -0.2) is 12.1 Å². The van der Waals surface area contributed by atoms with Crippen molar-refractivity contribution >= 4 is 5.97 Å². The summed E-state index contributed by atoms with van der Waals surface area (Å²) in [6, 6.07) is 0. The molecule has 130 valence electrons. The normalized spacial score (nSPS) is 52.2. The number of carbonyl (C=O) groups is 1. The van der Waals surface area contributed by atoms with Crippen LogP contribution >= 0.6 is 0 Å². The molecule has 0 unspecified atom stereocenters. The lowest BCUT2D eigenvalue weighted by atomic mass is 9.45. The number of carbonyl (C=O) groups excluding carboxylic acids is 1. The second-order valence-electron chi connectivity index (χ2n) is 9.62. The maximum absolute atomic E-state index is 11.5. The Kier molecular flexibility index (Phi) is 3.81. The molecule has 0 aromatic rings. The van der Waals surface area contributed by atoms with Crippen molar-refractivity contribution in [3.8, 4) is 0 Å². The van der Waals surface area contributed by atoms with Crippen molar-refractivity contribution in [2.24, 2.45) is 34.5 Å². The minimum atomic E-state index is -0.0815. The maximum atomic E-state index is 11.5. The molecule has 0 aliphatic heterocycles. The molecule has 0 bridgehead atoms. The van der Waals surface area contributed by atoms with Crippen molar-refractivity contribution in [2.75, 3.05) is 0 Å². The predicted molar refractivity (Wildman–Crippen MR) is 91.9 cm³/mol. The van der Waals surface area contributed by atoms with Crippen LogP contribution in [0.25, 0.3) is 0 Å². The SMILES string of the molecule is CC(=O)O[C@@H]1CC[C@@H]2[C@H]3CC[C@H]4CCCC[C@]4(C)[C@@H]3CC[C@@]21C. The van der Waals surface area contributed by atoms with Gasteiger partial charge in [-0.15, -0.1) is 0 Å². The van der Waals surface area contributed by atoms with Gasteiger partial charge in [0.25, 0.3) is 0 Å². The number of hydrogen-bond acceptors (Lipinski definition) is 2. The third kappa shape index (κ3) is 2.30. The Hall–Kier alpha value is -0.530. The molecule has 4 aliphatic carbocycles. The molecule has 0 radical (unpaired) electrons. The van der Waals surface area contributed by atoms with Crippen LogP contribution in [0, 0.1) is 34.5 Å². The Morgan fingerprint density at radius 3 is 2.43 bits per heavy atom. The third-order valence-corrected chi connectivity index (χ3v) is 8.80. The first-order chi connectivity index (χ1) is 10.9. The summed E-state index contributed by atoms with van der Waals surface area (Å²) in [7, 11) is 0. The largest absolute Gasteiger partial charge is 0.462 e. The molecule has 0 aromatic heterocycles. The van der Waals surface area contributed by atoms with Gasteiger partial charge in [-0.2, -0.15) is 0 Å². The van der Waals surface area contributed by atoms with Gasteiger partial charge in [0.1, 0.15) is 6.10 Å². The Balaban J connectivity index is 1.59. The molecule has 4 saturated carbocycles.